The third kappa shape index (κ3) is 2.75. The molecule has 72 valence electrons. The van der Waals surface area contributed by atoms with Gasteiger partial charge in [-0.2, -0.15) is 5.26 Å². The van der Waals surface area contributed by atoms with Crippen LogP contribution < -0.4 is 5.73 Å². The van der Waals surface area contributed by atoms with Crippen molar-refractivity contribution in [2.24, 2.45) is 5.73 Å². The molecule has 0 aliphatic carbocycles. The minimum Gasteiger partial charge on any atom is -0.401 e. The van der Waals surface area contributed by atoms with Gasteiger partial charge < -0.3 is 15.7 Å². The van der Waals surface area contributed by atoms with Crippen LogP contribution in [0, 0.1) is 16.7 Å². The molecule has 1 heterocycles. The van der Waals surface area contributed by atoms with Crippen molar-refractivity contribution in [3.63, 3.8) is 0 Å². The van der Waals surface area contributed by atoms with Gasteiger partial charge in [0.15, 0.2) is 5.69 Å². The molecule has 0 aliphatic heterocycles. The molecule has 0 aromatic carbocycles. The zero-order chi connectivity index (χ0) is 10.6. The fourth-order valence-corrected chi connectivity index (χ4v) is 1.04. The van der Waals surface area contributed by atoms with Gasteiger partial charge >= 0.3 is 0 Å². The van der Waals surface area contributed by atoms with Crippen LogP contribution in [-0.2, 0) is 6.54 Å². The van der Waals surface area contributed by atoms with Crippen molar-refractivity contribution < 1.29 is 0 Å². The summed E-state index contributed by atoms with van der Waals surface area (Å²) in [6, 6.07) is 1.93. The molecule has 14 heavy (non-hydrogen) atoms. The van der Waals surface area contributed by atoms with Crippen molar-refractivity contribution >= 4 is 5.71 Å². The molecule has 0 saturated heterocycles. The molecular weight excluding hydrogens is 178 g/mol. The number of nitrogens with one attached hydrogen (secondary N) is 1. The maximum atomic E-state index is 8.52. The number of hydrogen-bond donors (Lipinski definition) is 2. The number of aromatic nitrogens is 2. The van der Waals surface area contributed by atoms with Crippen LogP contribution in [0.25, 0.3) is 0 Å². The highest BCUT2D eigenvalue weighted by atomic mass is 15.0. The summed E-state index contributed by atoms with van der Waals surface area (Å²) >= 11 is 0. The van der Waals surface area contributed by atoms with E-state index in [9.17, 15) is 0 Å². The second-order valence-electron chi connectivity index (χ2n) is 2.95. The van der Waals surface area contributed by atoms with E-state index < -0.39 is 0 Å². The van der Waals surface area contributed by atoms with E-state index in [0.29, 0.717) is 23.6 Å². The standard InChI is InChI=1S/C9H11N5/c1-7(11)2-8(12)4-14-5-9(3-10)13-6-14/h2,5-6,11H,4,12H2,1H3/b8-2-,11-7?. The summed E-state index contributed by atoms with van der Waals surface area (Å²) in [6.45, 7) is 2.10. The fourth-order valence-electron chi connectivity index (χ4n) is 1.04. The largest absolute Gasteiger partial charge is 0.401 e. The molecule has 1 aromatic heterocycles. The lowest BCUT2D eigenvalue weighted by Gasteiger charge is -2.01. The van der Waals surface area contributed by atoms with Crippen molar-refractivity contribution in [1.82, 2.24) is 9.55 Å². The van der Waals surface area contributed by atoms with Crippen molar-refractivity contribution in [1.29, 1.82) is 10.7 Å². The molecule has 0 bridgehead atoms. The summed E-state index contributed by atoms with van der Waals surface area (Å²) in [7, 11) is 0. The molecule has 0 unspecified atom stereocenters. The van der Waals surface area contributed by atoms with Crippen LogP contribution in [0.5, 0.6) is 0 Å². The molecule has 0 fully saturated rings. The first-order valence-corrected chi connectivity index (χ1v) is 4.05. The van der Waals surface area contributed by atoms with Crippen molar-refractivity contribution in [3.8, 4) is 6.07 Å². The molecule has 3 N–H and O–H groups in total. The molecule has 5 nitrogen and oxygen atoms in total. The van der Waals surface area contributed by atoms with E-state index in [1.807, 2.05) is 6.07 Å². The number of imidazole rings is 1. The predicted octanol–water partition coefficient (Wildman–Crippen LogP) is 0.637. The molecule has 5 heteroatoms. The predicted molar refractivity (Wildman–Crippen MR) is 52.6 cm³/mol. The van der Waals surface area contributed by atoms with Crippen LogP contribution in [0.2, 0.25) is 0 Å². The van der Waals surface area contributed by atoms with E-state index in [4.69, 9.17) is 16.4 Å². The van der Waals surface area contributed by atoms with Crippen LogP contribution >= 0.6 is 0 Å². The van der Waals surface area contributed by atoms with Gasteiger partial charge in [-0.25, -0.2) is 4.98 Å². The zero-order valence-corrected chi connectivity index (χ0v) is 7.86. The highest BCUT2D eigenvalue weighted by Gasteiger charge is 1.97. The molecule has 0 radical (unpaired) electrons. The average molecular weight is 189 g/mol. The quantitative estimate of drug-likeness (QED) is 0.683. The van der Waals surface area contributed by atoms with Gasteiger partial charge in [-0.3, -0.25) is 0 Å². The third-order valence-electron chi connectivity index (χ3n) is 1.51. The van der Waals surface area contributed by atoms with Gasteiger partial charge in [0.2, 0.25) is 0 Å². The van der Waals surface area contributed by atoms with E-state index in [1.54, 1.807) is 30.1 Å². The van der Waals surface area contributed by atoms with E-state index >= 15 is 0 Å². The van der Waals surface area contributed by atoms with E-state index in [0.717, 1.165) is 0 Å². The summed E-state index contributed by atoms with van der Waals surface area (Å²) in [6.07, 6.45) is 4.73. The summed E-state index contributed by atoms with van der Waals surface area (Å²) in [5.74, 6) is 0. The number of nitrogens with two attached hydrogens (primary N) is 1. The van der Waals surface area contributed by atoms with Gasteiger partial charge in [0.1, 0.15) is 6.07 Å². The Labute approximate surface area is 82.0 Å². The van der Waals surface area contributed by atoms with Crippen molar-refractivity contribution in [2.45, 2.75) is 13.5 Å². The summed E-state index contributed by atoms with van der Waals surface area (Å²) in [4.78, 5) is 3.83. The topological polar surface area (TPSA) is 91.5 Å². The minimum absolute atomic E-state index is 0.365. The molecule has 0 atom stereocenters. The maximum absolute atomic E-state index is 8.52. The summed E-state index contributed by atoms with van der Waals surface area (Å²) in [5.41, 5.74) is 6.99. The number of nitrogens with zero attached hydrogens (tertiary/aromatic N) is 3. The van der Waals surface area contributed by atoms with Gasteiger partial charge in [0.05, 0.1) is 12.9 Å². The van der Waals surface area contributed by atoms with Gasteiger partial charge in [0.25, 0.3) is 0 Å². The fraction of sp³-hybridized carbons (Fsp3) is 0.222. The Hall–Kier alpha value is -2.09. The second kappa shape index (κ2) is 4.23. The Balaban J connectivity index is 2.70. The summed E-state index contributed by atoms with van der Waals surface area (Å²) < 4.78 is 1.70. The number of nitriles is 1. The molecule has 1 rings (SSSR count). The highest BCUT2D eigenvalue weighted by molar-refractivity contribution is 5.90. The monoisotopic (exact) mass is 189 g/mol. The molecule has 0 spiro atoms. The lowest BCUT2D eigenvalue weighted by Crippen LogP contribution is -2.08. The van der Waals surface area contributed by atoms with Crippen LogP contribution in [0.4, 0.5) is 0 Å². The number of rotatable bonds is 3. The van der Waals surface area contributed by atoms with Crippen LogP contribution in [0.3, 0.4) is 0 Å². The summed E-state index contributed by atoms with van der Waals surface area (Å²) in [5, 5.41) is 15.7. The smallest absolute Gasteiger partial charge is 0.158 e. The van der Waals surface area contributed by atoms with E-state index in [2.05, 4.69) is 4.98 Å². The number of hydrogen-bond acceptors (Lipinski definition) is 4. The van der Waals surface area contributed by atoms with Gasteiger partial charge in [-0.1, -0.05) is 0 Å². The highest BCUT2D eigenvalue weighted by Crippen LogP contribution is 1.97. The maximum Gasteiger partial charge on any atom is 0.158 e. The van der Waals surface area contributed by atoms with Gasteiger partial charge in [-0.05, 0) is 13.0 Å². The molecule has 1 aromatic rings. The van der Waals surface area contributed by atoms with Crippen LogP contribution in [0.1, 0.15) is 12.6 Å². The average Bonchev–Trinajstić information content (AvgIpc) is 2.50. The van der Waals surface area contributed by atoms with Crippen LogP contribution in [-0.4, -0.2) is 15.3 Å². The minimum atomic E-state index is 0.365. The Morgan fingerprint density at radius 2 is 2.57 bits per heavy atom. The number of allylic oxidation sites excluding steroid dienone is 2. The normalized spacial score (nSPS) is 11.0. The first kappa shape index (κ1) is 9.99. The lowest BCUT2D eigenvalue weighted by molar-refractivity contribution is 0.775. The SMILES string of the molecule is CC(=N)/C=C(\N)Cn1cnc(C#N)c1. The Kier molecular flexibility index (Phi) is 3.02. The zero-order valence-electron chi connectivity index (χ0n) is 7.86. The second-order valence-corrected chi connectivity index (χ2v) is 2.95. The Bertz CT molecular complexity index is 407. The Morgan fingerprint density at radius 3 is 3.07 bits per heavy atom. The van der Waals surface area contributed by atoms with E-state index in [1.165, 1.54) is 0 Å². The molecule has 0 saturated carbocycles. The van der Waals surface area contributed by atoms with Crippen LogP contribution in [0.15, 0.2) is 24.3 Å². The molecule has 0 aliphatic rings. The molecule has 0 amide bonds. The Morgan fingerprint density at radius 1 is 1.86 bits per heavy atom. The van der Waals surface area contributed by atoms with E-state index in [-0.39, 0.29) is 0 Å². The van der Waals surface area contributed by atoms with Gasteiger partial charge in [-0.15, -0.1) is 0 Å². The first-order chi connectivity index (χ1) is 6.61. The first-order valence-electron chi connectivity index (χ1n) is 4.05. The lowest BCUT2D eigenvalue weighted by atomic mass is 10.3. The van der Waals surface area contributed by atoms with Crippen molar-refractivity contribution in [2.75, 3.05) is 0 Å². The third-order valence-corrected chi connectivity index (χ3v) is 1.51. The van der Waals surface area contributed by atoms with Gasteiger partial charge in [0, 0.05) is 17.6 Å². The molecular formula is C9H11N5. The van der Waals surface area contributed by atoms with Crippen molar-refractivity contribution in [3.05, 3.63) is 30.0 Å².